The lowest BCUT2D eigenvalue weighted by molar-refractivity contribution is -0.230. The molecule has 0 saturated heterocycles. The number of aliphatic hydroxyl groups excluding tert-OH is 1. The maximum absolute atomic E-state index is 13.4. The number of rotatable bonds is 6. The highest BCUT2D eigenvalue weighted by Gasteiger charge is 2.88. The molecule has 4 aliphatic rings. The molecule has 0 spiro atoms. The Morgan fingerprint density at radius 2 is 1.75 bits per heavy atom. The van der Waals surface area contributed by atoms with E-state index in [9.17, 15) is 29.7 Å². The fraction of sp³-hybridized carbons (Fsp3) is 0.594. The van der Waals surface area contributed by atoms with Gasteiger partial charge in [0.05, 0.1) is 24.5 Å². The number of esters is 2. The smallest absolute Gasteiger partial charge is 0.310 e. The zero-order valence-electron chi connectivity index (χ0n) is 24.0. The maximum atomic E-state index is 13.4. The summed E-state index contributed by atoms with van der Waals surface area (Å²) in [5, 5.41) is 34.8. The van der Waals surface area contributed by atoms with Gasteiger partial charge in [-0.1, -0.05) is 77.1 Å². The lowest BCUT2D eigenvalue weighted by Gasteiger charge is -2.53. The van der Waals surface area contributed by atoms with E-state index in [0.29, 0.717) is 11.1 Å². The minimum Gasteiger partial charge on any atom is -0.457 e. The fourth-order valence-electron chi connectivity index (χ4n) is 8.07. The van der Waals surface area contributed by atoms with Crippen LogP contribution in [0.5, 0.6) is 0 Å². The first kappa shape index (κ1) is 28.7. The van der Waals surface area contributed by atoms with Gasteiger partial charge in [0.2, 0.25) is 0 Å². The van der Waals surface area contributed by atoms with Crippen LogP contribution in [-0.4, -0.2) is 62.6 Å². The maximum Gasteiger partial charge on any atom is 0.310 e. The number of hydrogen-bond acceptors (Lipinski definition) is 8. The Balaban J connectivity index is 1.65. The van der Waals surface area contributed by atoms with Crippen molar-refractivity contribution in [2.75, 3.05) is 6.61 Å². The number of aliphatic hydroxyl groups is 3. The van der Waals surface area contributed by atoms with E-state index in [0.717, 1.165) is 5.56 Å². The zero-order valence-corrected chi connectivity index (χ0v) is 24.0. The van der Waals surface area contributed by atoms with Crippen molar-refractivity contribution in [3.63, 3.8) is 0 Å². The molecule has 1 aromatic rings. The molecule has 8 heteroatoms. The molecule has 0 heterocycles. The molecule has 0 amide bonds. The molecule has 2 fully saturated rings. The largest absolute Gasteiger partial charge is 0.457 e. The van der Waals surface area contributed by atoms with Crippen LogP contribution in [0, 0.1) is 35.0 Å². The second-order valence-corrected chi connectivity index (χ2v) is 13.1. The summed E-state index contributed by atoms with van der Waals surface area (Å²) >= 11 is 0. The first-order valence-electron chi connectivity index (χ1n) is 14.1. The van der Waals surface area contributed by atoms with Crippen molar-refractivity contribution in [3.8, 4) is 0 Å². The van der Waals surface area contributed by atoms with Crippen LogP contribution in [0.15, 0.2) is 53.6 Å². The van der Waals surface area contributed by atoms with Crippen LogP contribution >= 0.6 is 0 Å². The predicted octanol–water partition coefficient (Wildman–Crippen LogP) is 2.93. The molecule has 3 N–H and O–H groups in total. The number of fused-ring (bicyclic) bond motifs is 5. The Labute approximate surface area is 235 Å². The predicted molar refractivity (Wildman–Crippen MR) is 146 cm³/mol. The van der Waals surface area contributed by atoms with Gasteiger partial charge in [-0.25, -0.2) is 0 Å². The lowest BCUT2D eigenvalue weighted by Crippen LogP contribution is -2.66. The van der Waals surface area contributed by atoms with E-state index < -0.39 is 82.2 Å². The van der Waals surface area contributed by atoms with E-state index in [1.807, 2.05) is 44.2 Å². The number of ketones is 1. The summed E-state index contributed by atoms with van der Waals surface area (Å²) in [6, 6.07) is 9.21. The van der Waals surface area contributed by atoms with Gasteiger partial charge >= 0.3 is 11.9 Å². The Morgan fingerprint density at radius 1 is 1.10 bits per heavy atom. The van der Waals surface area contributed by atoms with Crippen LogP contribution in [0.3, 0.4) is 0 Å². The van der Waals surface area contributed by atoms with Gasteiger partial charge in [0.25, 0.3) is 0 Å². The first-order valence-corrected chi connectivity index (χ1v) is 14.1. The van der Waals surface area contributed by atoms with Gasteiger partial charge in [0.15, 0.2) is 11.4 Å². The molecule has 0 aromatic heterocycles. The molecule has 1 aromatic carbocycles. The van der Waals surface area contributed by atoms with Crippen molar-refractivity contribution < 1.29 is 39.2 Å². The van der Waals surface area contributed by atoms with Crippen molar-refractivity contribution in [3.05, 3.63) is 59.2 Å². The minimum absolute atomic E-state index is 0.0239. The number of carbonyl (C=O) groups excluding carboxylic acids is 3. The van der Waals surface area contributed by atoms with Gasteiger partial charge < -0.3 is 24.8 Å². The summed E-state index contributed by atoms with van der Waals surface area (Å²) in [6.07, 6.45) is 2.22. The summed E-state index contributed by atoms with van der Waals surface area (Å²) in [6.45, 7) is 10.2. The third-order valence-corrected chi connectivity index (χ3v) is 10.1. The highest BCUT2D eigenvalue weighted by molar-refractivity contribution is 6.04. The number of ether oxygens (including phenoxy) is 2. The van der Waals surface area contributed by atoms with Crippen LogP contribution in [0.2, 0.25) is 0 Å². The molecule has 40 heavy (non-hydrogen) atoms. The van der Waals surface area contributed by atoms with Crippen molar-refractivity contribution in [2.24, 2.45) is 35.0 Å². The van der Waals surface area contributed by atoms with Gasteiger partial charge in [0.1, 0.15) is 11.7 Å². The Bertz CT molecular complexity index is 1290. The van der Waals surface area contributed by atoms with Crippen molar-refractivity contribution in [1.29, 1.82) is 0 Å². The Kier molecular flexibility index (Phi) is 6.72. The number of Topliss-reactive ketones (excluding diaryl/α,β-unsaturated/α-hetero) is 1. The van der Waals surface area contributed by atoms with Crippen molar-refractivity contribution in [2.45, 2.75) is 77.3 Å². The molecule has 0 bridgehead atoms. The molecule has 2 saturated carbocycles. The van der Waals surface area contributed by atoms with Gasteiger partial charge in [0, 0.05) is 35.5 Å². The molecule has 216 valence electrons. The van der Waals surface area contributed by atoms with Crippen LogP contribution < -0.4 is 0 Å². The second-order valence-electron chi connectivity index (χ2n) is 13.1. The molecule has 8 atom stereocenters. The topological polar surface area (TPSA) is 130 Å². The average molecular weight is 553 g/mol. The highest BCUT2D eigenvalue weighted by atomic mass is 16.6. The van der Waals surface area contributed by atoms with E-state index >= 15 is 0 Å². The van der Waals surface area contributed by atoms with Crippen LogP contribution in [0.1, 0.15) is 53.5 Å². The normalized spacial score (nSPS) is 39.2. The number of benzene rings is 1. The minimum atomic E-state index is -1.95. The molecular weight excluding hydrogens is 512 g/mol. The molecule has 0 aliphatic heterocycles. The Morgan fingerprint density at radius 3 is 2.35 bits per heavy atom. The number of carbonyl (C=O) groups is 3. The Hall–Kier alpha value is -2.81. The van der Waals surface area contributed by atoms with Crippen molar-refractivity contribution >= 4 is 17.7 Å². The van der Waals surface area contributed by atoms with Gasteiger partial charge in [-0.3, -0.25) is 14.4 Å². The van der Waals surface area contributed by atoms with Crippen LogP contribution in [-0.2, 0) is 30.3 Å². The van der Waals surface area contributed by atoms with Gasteiger partial charge in [-0.05, 0) is 23.6 Å². The second kappa shape index (κ2) is 9.36. The summed E-state index contributed by atoms with van der Waals surface area (Å²) < 4.78 is 12.5. The highest BCUT2D eigenvalue weighted by Crippen LogP contribution is 2.77. The lowest BCUT2D eigenvalue weighted by atomic mass is 9.59. The van der Waals surface area contributed by atoms with E-state index in [-0.39, 0.29) is 12.8 Å². The molecule has 1 unspecified atom stereocenters. The molecular formula is C32H40O8. The number of hydrogen-bond donors (Lipinski definition) is 3. The molecule has 5 rings (SSSR count). The van der Waals surface area contributed by atoms with E-state index in [4.69, 9.17) is 9.47 Å². The zero-order chi connectivity index (χ0) is 29.4. The first-order chi connectivity index (χ1) is 18.7. The summed E-state index contributed by atoms with van der Waals surface area (Å²) in [4.78, 5) is 39.8. The van der Waals surface area contributed by atoms with E-state index in [1.165, 1.54) is 0 Å². The quantitative estimate of drug-likeness (QED) is 0.363. The van der Waals surface area contributed by atoms with E-state index in [1.54, 1.807) is 39.8 Å². The SMILES string of the molecule is CC1=C[C@H]2[C@@]3(O)[C@H](C)[C@@H](OC(=O)C(C)C)[C@]4(OC(=O)Cc5ccccc5)C([C@@H]3C=C(CO)C[C@]2(O)C1=O)C4(C)C. The van der Waals surface area contributed by atoms with Crippen molar-refractivity contribution in [1.82, 2.24) is 0 Å². The molecule has 0 radical (unpaired) electrons. The van der Waals surface area contributed by atoms with E-state index in [2.05, 4.69) is 0 Å². The third-order valence-electron chi connectivity index (χ3n) is 10.1. The van der Waals surface area contributed by atoms with Crippen LogP contribution in [0.4, 0.5) is 0 Å². The van der Waals surface area contributed by atoms with Gasteiger partial charge in [-0.2, -0.15) is 0 Å². The average Bonchev–Trinajstić information content (AvgIpc) is 3.32. The van der Waals surface area contributed by atoms with Gasteiger partial charge in [-0.15, -0.1) is 0 Å². The summed E-state index contributed by atoms with van der Waals surface area (Å²) in [5.74, 6) is -5.01. The molecule has 8 nitrogen and oxygen atoms in total. The fourth-order valence-corrected chi connectivity index (χ4v) is 8.07. The third kappa shape index (κ3) is 3.79. The monoisotopic (exact) mass is 552 g/mol. The van der Waals surface area contributed by atoms with Crippen LogP contribution in [0.25, 0.3) is 0 Å². The summed E-state index contributed by atoms with van der Waals surface area (Å²) in [7, 11) is 0. The molecule has 4 aliphatic carbocycles. The summed E-state index contributed by atoms with van der Waals surface area (Å²) in [5.41, 5.74) is -4.15. The standard InChI is InChI=1S/C32H40O8/c1-17(2)28(36)39-27-19(4)31(38)22(13-21(16-33)15-30(37)23(31)12-18(3)26(30)35)25-29(5,6)32(25,27)40-24(34)14-20-10-8-7-9-11-20/h7-13,17,19,22-23,25,27,33,37-38H,14-16H2,1-6H3/t19-,22+,23-,25?,27-,30-,31-,32-/m1/s1.